The molecule has 0 radical (unpaired) electrons. The first-order chi connectivity index (χ1) is 15.8. The summed E-state index contributed by atoms with van der Waals surface area (Å²) in [6.45, 7) is -0.546. The number of methoxy groups -OCH3 is 1. The van der Waals surface area contributed by atoms with Gasteiger partial charge in [0, 0.05) is 17.7 Å². The van der Waals surface area contributed by atoms with Gasteiger partial charge in [-0.3, -0.25) is 19.2 Å². The number of carbonyl (C=O) groups excluding carboxylic acids is 1. The van der Waals surface area contributed by atoms with E-state index in [9.17, 15) is 23.3 Å². The number of rotatable bonds is 9. The Bertz CT molecular complexity index is 1260. The molecule has 1 amide bonds. The molecule has 0 fully saturated rings. The Morgan fingerprint density at radius 2 is 1.79 bits per heavy atom. The normalized spacial score (nSPS) is 11.2. The first kappa shape index (κ1) is 23.4. The summed E-state index contributed by atoms with van der Waals surface area (Å²) in [6.07, 6.45) is 1.23. The fraction of sp³-hybridized carbons (Fsp3) is 0.0909. The number of hydrazone groups is 1. The first-order valence-corrected chi connectivity index (χ1v) is 11.0. The molecule has 0 aliphatic heterocycles. The summed E-state index contributed by atoms with van der Waals surface area (Å²) in [5.41, 5.74) is 2.79. The van der Waals surface area contributed by atoms with E-state index in [4.69, 9.17) is 4.74 Å². The molecule has 1 N–H and O–H groups in total. The fourth-order valence-electron chi connectivity index (χ4n) is 2.85. The highest BCUT2D eigenvalue weighted by atomic mass is 32.2. The molecule has 11 heteroatoms. The highest BCUT2D eigenvalue weighted by molar-refractivity contribution is 7.92. The van der Waals surface area contributed by atoms with Gasteiger partial charge >= 0.3 is 0 Å². The Morgan fingerprint density at radius 1 is 1.09 bits per heavy atom. The molecule has 0 aromatic heterocycles. The SMILES string of the molecule is COc1ccc(N(CC(=O)N/N=C/c2cccc([N+](=O)[O-])c2)S(=O)(=O)c2ccccc2)cc1. The highest BCUT2D eigenvalue weighted by Gasteiger charge is 2.27. The number of nitro benzene ring substituents is 1. The number of sulfonamides is 1. The van der Waals surface area contributed by atoms with Crippen molar-refractivity contribution in [2.45, 2.75) is 4.90 Å². The van der Waals surface area contributed by atoms with Crippen molar-refractivity contribution >= 4 is 33.5 Å². The first-order valence-electron chi connectivity index (χ1n) is 9.59. The van der Waals surface area contributed by atoms with E-state index in [-0.39, 0.29) is 16.3 Å². The molecule has 3 rings (SSSR count). The molecule has 0 aliphatic carbocycles. The predicted molar refractivity (Wildman–Crippen MR) is 123 cm³/mol. The summed E-state index contributed by atoms with van der Waals surface area (Å²) >= 11 is 0. The van der Waals surface area contributed by atoms with Gasteiger partial charge in [0.2, 0.25) is 0 Å². The number of ether oxygens (including phenoxy) is 1. The maximum absolute atomic E-state index is 13.2. The number of amides is 1. The third-order valence-corrected chi connectivity index (χ3v) is 6.25. The Labute approximate surface area is 190 Å². The van der Waals surface area contributed by atoms with Crippen molar-refractivity contribution in [3.05, 3.63) is 94.5 Å². The molecule has 170 valence electrons. The molecule has 10 nitrogen and oxygen atoms in total. The van der Waals surface area contributed by atoms with Crippen LogP contribution in [0.2, 0.25) is 0 Å². The molecule has 0 aliphatic rings. The number of nitrogens with one attached hydrogen (secondary N) is 1. The van der Waals surface area contributed by atoms with Gasteiger partial charge in [0.05, 0.1) is 28.8 Å². The Balaban J connectivity index is 1.81. The minimum Gasteiger partial charge on any atom is -0.497 e. The second-order valence-corrected chi connectivity index (χ2v) is 8.53. The lowest BCUT2D eigenvalue weighted by molar-refractivity contribution is -0.384. The van der Waals surface area contributed by atoms with E-state index in [1.165, 1.54) is 55.8 Å². The van der Waals surface area contributed by atoms with E-state index < -0.39 is 27.4 Å². The average molecular weight is 468 g/mol. The van der Waals surface area contributed by atoms with Crippen LogP contribution < -0.4 is 14.5 Å². The average Bonchev–Trinajstić information content (AvgIpc) is 2.83. The Hall–Kier alpha value is -4.25. The molecular weight excluding hydrogens is 448 g/mol. The van der Waals surface area contributed by atoms with Gasteiger partial charge in [0.25, 0.3) is 21.6 Å². The van der Waals surface area contributed by atoms with Crippen LogP contribution in [0, 0.1) is 10.1 Å². The second-order valence-electron chi connectivity index (χ2n) is 6.67. The zero-order chi connectivity index (χ0) is 23.8. The molecule has 0 unspecified atom stereocenters. The van der Waals surface area contributed by atoms with Crippen LogP contribution in [0.15, 0.2) is 88.9 Å². The molecule has 3 aromatic rings. The zero-order valence-corrected chi connectivity index (χ0v) is 18.3. The number of non-ortho nitro benzene ring substituents is 1. The number of anilines is 1. The largest absolute Gasteiger partial charge is 0.497 e. The number of hydrogen-bond acceptors (Lipinski definition) is 7. The molecule has 0 saturated heterocycles. The minimum atomic E-state index is -4.06. The fourth-order valence-corrected chi connectivity index (χ4v) is 4.29. The molecule has 0 bridgehead atoms. The maximum atomic E-state index is 13.2. The number of carbonyl (C=O) groups is 1. The molecular formula is C22H20N4O6S. The van der Waals surface area contributed by atoms with Gasteiger partial charge in [-0.1, -0.05) is 30.3 Å². The lowest BCUT2D eigenvalue weighted by Crippen LogP contribution is -2.39. The summed E-state index contributed by atoms with van der Waals surface area (Å²) in [5, 5.41) is 14.6. The van der Waals surface area contributed by atoms with E-state index in [1.54, 1.807) is 36.4 Å². The minimum absolute atomic E-state index is 0.0220. The third-order valence-electron chi connectivity index (χ3n) is 4.46. The van der Waals surface area contributed by atoms with E-state index >= 15 is 0 Å². The van der Waals surface area contributed by atoms with Crippen LogP contribution in [0.25, 0.3) is 0 Å². The van der Waals surface area contributed by atoms with Crippen molar-refractivity contribution in [2.24, 2.45) is 5.10 Å². The van der Waals surface area contributed by atoms with Crippen LogP contribution in [0.4, 0.5) is 11.4 Å². The molecule has 0 spiro atoms. The summed E-state index contributed by atoms with van der Waals surface area (Å²) in [4.78, 5) is 22.9. The number of benzene rings is 3. The van der Waals surface area contributed by atoms with Crippen molar-refractivity contribution in [1.82, 2.24) is 5.43 Å². The maximum Gasteiger partial charge on any atom is 0.270 e. The zero-order valence-electron chi connectivity index (χ0n) is 17.5. The topological polar surface area (TPSA) is 131 Å². The Morgan fingerprint density at radius 3 is 2.42 bits per heavy atom. The van der Waals surface area contributed by atoms with Gasteiger partial charge in [-0.15, -0.1) is 0 Å². The van der Waals surface area contributed by atoms with Gasteiger partial charge in [-0.2, -0.15) is 5.10 Å². The van der Waals surface area contributed by atoms with Gasteiger partial charge in [-0.25, -0.2) is 13.8 Å². The van der Waals surface area contributed by atoms with E-state index in [0.29, 0.717) is 11.3 Å². The van der Waals surface area contributed by atoms with E-state index in [1.807, 2.05) is 0 Å². The van der Waals surface area contributed by atoms with Gasteiger partial charge in [0.1, 0.15) is 12.3 Å². The lowest BCUT2D eigenvalue weighted by Gasteiger charge is -2.23. The smallest absolute Gasteiger partial charge is 0.270 e. The van der Waals surface area contributed by atoms with Crippen molar-refractivity contribution in [1.29, 1.82) is 0 Å². The van der Waals surface area contributed by atoms with Crippen LogP contribution in [-0.2, 0) is 14.8 Å². The monoisotopic (exact) mass is 468 g/mol. The summed E-state index contributed by atoms with van der Waals surface area (Å²) < 4.78 is 32.5. The van der Waals surface area contributed by atoms with Crippen LogP contribution in [0.3, 0.4) is 0 Å². The van der Waals surface area contributed by atoms with Crippen LogP contribution in [0.1, 0.15) is 5.56 Å². The standard InChI is InChI=1S/C22H20N4O6S/c1-32-20-12-10-18(11-13-20)25(33(30,31)21-8-3-2-4-9-21)16-22(27)24-23-15-17-6-5-7-19(14-17)26(28)29/h2-15H,16H2,1H3,(H,24,27)/b23-15+. The van der Waals surface area contributed by atoms with Gasteiger partial charge in [-0.05, 0) is 36.4 Å². The highest BCUT2D eigenvalue weighted by Crippen LogP contribution is 2.25. The number of nitrogens with zero attached hydrogens (tertiary/aromatic N) is 3. The summed E-state index contributed by atoms with van der Waals surface area (Å²) in [5.74, 6) is -0.172. The van der Waals surface area contributed by atoms with E-state index in [0.717, 1.165) is 4.31 Å². The van der Waals surface area contributed by atoms with Gasteiger partial charge in [0.15, 0.2) is 0 Å². The van der Waals surface area contributed by atoms with Crippen molar-refractivity contribution < 1.29 is 22.9 Å². The van der Waals surface area contributed by atoms with Crippen LogP contribution in [0.5, 0.6) is 5.75 Å². The van der Waals surface area contributed by atoms with Crippen LogP contribution >= 0.6 is 0 Å². The number of hydrogen-bond donors (Lipinski definition) is 1. The van der Waals surface area contributed by atoms with Crippen molar-refractivity contribution in [2.75, 3.05) is 18.0 Å². The van der Waals surface area contributed by atoms with E-state index in [2.05, 4.69) is 10.5 Å². The Kier molecular flexibility index (Phi) is 7.36. The third kappa shape index (κ3) is 5.92. The molecule has 33 heavy (non-hydrogen) atoms. The summed E-state index contributed by atoms with van der Waals surface area (Å²) in [6, 6.07) is 19.6. The van der Waals surface area contributed by atoms with Crippen molar-refractivity contribution in [3.63, 3.8) is 0 Å². The summed E-state index contributed by atoms with van der Waals surface area (Å²) in [7, 11) is -2.57. The van der Waals surface area contributed by atoms with Crippen molar-refractivity contribution in [3.8, 4) is 5.75 Å². The molecule has 3 aromatic carbocycles. The second kappa shape index (κ2) is 10.4. The van der Waals surface area contributed by atoms with Gasteiger partial charge < -0.3 is 4.74 Å². The quantitative estimate of drug-likeness (QED) is 0.292. The van der Waals surface area contributed by atoms with Crippen LogP contribution in [-0.4, -0.2) is 39.1 Å². The molecule has 0 saturated carbocycles. The predicted octanol–water partition coefficient (Wildman–Crippen LogP) is 2.95. The molecule has 0 heterocycles. The number of nitro groups is 1. The lowest BCUT2D eigenvalue weighted by atomic mass is 10.2. The molecule has 0 atom stereocenters.